The van der Waals surface area contributed by atoms with Crippen molar-refractivity contribution in [3.05, 3.63) is 58.1 Å². The fourth-order valence-electron chi connectivity index (χ4n) is 2.18. The number of benzene rings is 2. The van der Waals surface area contributed by atoms with Crippen LogP contribution < -0.4 is 5.32 Å². The van der Waals surface area contributed by atoms with Gasteiger partial charge in [0.25, 0.3) is 5.91 Å². The maximum absolute atomic E-state index is 12.3. The molecule has 0 aliphatic heterocycles. The summed E-state index contributed by atoms with van der Waals surface area (Å²) in [6.07, 6.45) is 1.05. The SMILES string of the molecule is CS(=O)(=O)c1cc(C(=O)NCc2nc3ccccc3s2)ccc1Cl. The van der Waals surface area contributed by atoms with Crippen molar-refractivity contribution in [2.75, 3.05) is 6.26 Å². The third kappa shape index (κ3) is 3.58. The highest BCUT2D eigenvalue weighted by atomic mass is 35.5. The molecule has 1 heterocycles. The van der Waals surface area contributed by atoms with Crippen LogP contribution in [0.15, 0.2) is 47.4 Å². The van der Waals surface area contributed by atoms with Gasteiger partial charge in [0.05, 0.1) is 26.7 Å². The summed E-state index contributed by atoms with van der Waals surface area (Å²) < 4.78 is 24.4. The van der Waals surface area contributed by atoms with Gasteiger partial charge in [-0.2, -0.15) is 0 Å². The van der Waals surface area contributed by atoms with Crippen LogP contribution in [0.25, 0.3) is 10.2 Å². The van der Waals surface area contributed by atoms with E-state index in [9.17, 15) is 13.2 Å². The molecule has 124 valence electrons. The second-order valence-electron chi connectivity index (χ2n) is 5.18. The minimum Gasteiger partial charge on any atom is -0.346 e. The van der Waals surface area contributed by atoms with Crippen LogP contribution in [0, 0.1) is 0 Å². The van der Waals surface area contributed by atoms with Crippen LogP contribution in [0.1, 0.15) is 15.4 Å². The molecule has 0 saturated carbocycles. The molecule has 0 atom stereocenters. The molecule has 5 nitrogen and oxygen atoms in total. The molecule has 0 radical (unpaired) electrons. The number of thiazole rings is 1. The number of para-hydroxylation sites is 1. The van der Waals surface area contributed by atoms with Crippen molar-refractivity contribution in [2.45, 2.75) is 11.4 Å². The van der Waals surface area contributed by atoms with Gasteiger partial charge in [-0.05, 0) is 30.3 Å². The molecule has 0 aliphatic carbocycles. The number of nitrogens with one attached hydrogen (secondary N) is 1. The van der Waals surface area contributed by atoms with Crippen LogP contribution in [-0.2, 0) is 16.4 Å². The number of hydrogen-bond donors (Lipinski definition) is 1. The number of carbonyl (C=O) groups is 1. The highest BCUT2D eigenvalue weighted by Crippen LogP contribution is 2.23. The molecule has 0 spiro atoms. The lowest BCUT2D eigenvalue weighted by Gasteiger charge is -2.06. The Morgan fingerprint density at radius 2 is 2.00 bits per heavy atom. The van der Waals surface area contributed by atoms with Gasteiger partial charge in [0, 0.05) is 11.8 Å². The number of fused-ring (bicyclic) bond motifs is 1. The van der Waals surface area contributed by atoms with E-state index in [1.54, 1.807) is 0 Å². The molecule has 8 heteroatoms. The largest absolute Gasteiger partial charge is 0.346 e. The summed E-state index contributed by atoms with van der Waals surface area (Å²) in [7, 11) is -3.50. The van der Waals surface area contributed by atoms with E-state index in [2.05, 4.69) is 10.3 Å². The van der Waals surface area contributed by atoms with Crippen LogP contribution >= 0.6 is 22.9 Å². The van der Waals surface area contributed by atoms with E-state index >= 15 is 0 Å². The Balaban J connectivity index is 1.77. The number of halogens is 1. The van der Waals surface area contributed by atoms with Crippen molar-refractivity contribution in [1.82, 2.24) is 10.3 Å². The fraction of sp³-hybridized carbons (Fsp3) is 0.125. The predicted molar refractivity (Wildman–Crippen MR) is 95.4 cm³/mol. The van der Waals surface area contributed by atoms with E-state index in [0.717, 1.165) is 21.5 Å². The van der Waals surface area contributed by atoms with Crippen molar-refractivity contribution >= 4 is 48.9 Å². The van der Waals surface area contributed by atoms with Crippen LogP contribution in [0.4, 0.5) is 0 Å². The number of amides is 1. The van der Waals surface area contributed by atoms with E-state index in [4.69, 9.17) is 11.6 Å². The van der Waals surface area contributed by atoms with E-state index in [0.29, 0.717) is 0 Å². The highest BCUT2D eigenvalue weighted by Gasteiger charge is 2.16. The average molecular weight is 381 g/mol. The smallest absolute Gasteiger partial charge is 0.251 e. The van der Waals surface area contributed by atoms with Gasteiger partial charge in [0.15, 0.2) is 9.84 Å². The number of rotatable bonds is 4. The second-order valence-corrected chi connectivity index (χ2v) is 8.68. The summed E-state index contributed by atoms with van der Waals surface area (Å²) in [4.78, 5) is 16.6. The van der Waals surface area contributed by atoms with Crippen molar-refractivity contribution in [3.8, 4) is 0 Å². The topological polar surface area (TPSA) is 76.1 Å². The van der Waals surface area contributed by atoms with Gasteiger partial charge in [-0.15, -0.1) is 11.3 Å². The van der Waals surface area contributed by atoms with Crippen molar-refractivity contribution in [1.29, 1.82) is 0 Å². The molecule has 1 N–H and O–H groups in total. The molecular formula is C16H13ClN2O3S2. The van der Waals surface area contributed by atoms with E-state index < -0.39 is 9.84 Å². The molecule has 0 saturated heterocycles. The Morgan fingerprint density at radius 3 is 2.71 bits per heavy atom. The summed E-state index contributed by atoms with van der Waals surface area (Å²) in [6.45, 7) is 0.273. The molecule has 0 unspecified atom stereocenters. The summed E-state index contributed by atoms with van der Waals surface area (Å²) in [5.41, 5.74) is 1.12. The first kappa shape index (κ1) is 16.9. The third-order valence-electron chi connectivity index (χ3n) is 3.33. The zero-order valence-electron chi connectivity index (χ0n) is 12.6. The van der Waals surface area contributed by atoms with Gasteiger partial charge < -0.3 is 5.32 Å². The quantitative estimate of drug-likeness (QED) is 0.753. The minimum atomic E-state index is -3.50. The molecule has 3 rings (SSSR count). The lowest BCUT2D eigenvalue weighted by atomic mass is 10.2. The summed E-state index contributed by atoms with van der Waals surface area (Å²) in [6, 6.07) is 11.9. The summed E-state index contributed by atoms with van der Waals surface area (Å²) in [5.74, 6) is -0.379. The van der Waals surface area contributed by atoms with Gasteiger partial charge in [-0.1, -0.05) is 23.7 Å². The number of aromatic nitrogens is 1. The van der Waals surface area contributed by atoms with Gasteiger partial charge >= 0.3 is 0 Å². The van der Waals surface area contributed by atoms with Crippen molar-refractivity contribution < 1.29 is 13.2 Å². The molecule has 3 aromatic rings. The fourth-order valence-corrected chi connectivity index (χ4v) is 4.39. The van der Waals surface area contributed by atoms with Crippen LogP contribution in [0.2, 0.25) is 5.02 Å². The highest BCUT2D eigenvalue weighted by molar-refractivity contribution is 7.90. The van der Waals surface area contributed by atoms with Gasteiger partial charge in [-0.25, -0.2) is 13.4 Å². The normalized spacial score (nSPS) is 11.6. The second kappa shape index (κ2) is 6.51. The Hall–Kier alpha value is -1.96. The molecule has 0 aliphatic rings. The van der Waals surface area contributed by atoms with Crippen LogP contribution in [-0.4, -0.2) is 25.6 Å². The Labute approximate surface area is 148 Å². The van der Waals surface area contributed by atoms with Gasteiger partial charge in [-0.3, -0.25) is 4.79 Å². The first-order valence-electron chi connectivity index (χ1n) is 6.97. The standard InChI is InChI=1S/C16H13ClN2O3S2/c1-24(21,22)14-8-10(6-7-11(14)17)16(20)18-9-15-19-12-4-2-3-5-13(12)23-15/h2-8H,9H2,1H3,(H,18,20). The lowest BCUT2D eigenvalue weighted by molar-refractivity contribution is 0.0950. The van der Waals surface area contributed by atoms with Crippen LogP contribution in [0.5, 0.6) is 0 Å². The first-order chi connectivity index (χ1) is 11.3. The predicted octanol–water partition coefficient (Wildman–Crippen LogP) is 3.28. The molecule has 1 aromatic heterocycles. The number of hydrogen-bond acceptors (Lipinski definition) is 5. The molecule has 24 heavy (non-hydrogen) atoms. The summed E-state index contributed by atoms with van der Waals surface area (Å²) >= 11 is 7.39. The van der Waals surface area contributed by atoms with Gasteiger partial charge in [0.2, 0.25) is 0 Å². The summed E-state index contributed by atoms with van der Waals surface area (Å²) in [5, 5.41) is 3.62. The van der Waals surface area contributed by atoms with Gasteiger partial charge in [0.1, 0.15) is 5.01 Å². The number of sulfone groups is 1. The van der Waals surface area contributed by atoms with Crippen LogP contribution in [0.3, 0.4) is 0 Å². The molecular weight excluding hydrogens is 368 g/mol. The maximum atomic E-state index is 12.3. The monoisotopic (exact) mass is 380 g/mol. The molecule has 0 bridgehead atoms. The van der Waals surface area contributed by atoms with Crippen molar-refractivity contribution in [3.63, 3.8) is 0 Å². The maximum Gasteiger partial charge on any atom is 0.251 e. The molecule has 2 aromatic carbocycles. The number of carbonyl (C=O) groups excluding carboxylic acids is 1. The van der Waals surface area contributed by atoms with E-state index in [1.165, 1.54) is 29.5 Å². The van der Waals surface area contributed by atoms with E-state index in [1.807, 2.05) is 24.3 Å². The minimum absolute atomic E-state index is 0.0585. The Kier molecular flexibility index (Phi) is 4.58. The average Bonchev–Trinajstić information content (AvgIpc) is 2.94. The van der Waals surface area contributed by atoms with Crippen molar-refractivity contribution in [2.24, 2.45) is 0 Å². The van der Waals surface area contributed by atoms with E-state index in [-0.39, 0.29) is 27.9 Å². The Morgan fingerprint density at radius 1 is 1.25 bits per heavy atom. The zero-order chi connectivity index (χ0) is 17.3. The number of nitrogens with zero attached hydrogens (tertiary/aromatic N) is 1. The zero-order valence-corrected chi connectivity index (χ0v) is 15.0. The lowest BCUT2D eigenvalue weighted by Crippen LogP contribution is -2.23. The third-order valence-corrected chi connectivity index (χ3v) is 5.95. The molecule has 1 amide bonds. The first-order valence-corrected chi connectivity index (χ1v) is 10.1. The Bertz CT molecular complexity index is 996. The molecule has 0 fully saturated rings.